The lowest BCUT2D eigenvalue weighted by atomic mass is 10.2. The van der Waals surface area contributed by atoms with Gasteiger partial charge in [0.05, 0.1) is 11.4 Å². The molecule has 0 saturated heterocycles. The van der Waals surface area contributed by atoms with E-state index in [1.807, 2.05) is 62.4 Å². The fourth-order valence-corrected chi connectivity index (χ4v) is 2.70. The molecule has 3 aromatic rings. The van der Waals surface area contributed by atoms with E-state index < -0.39 is 0 Å². The van der Waals surface area contributed by atoms with E-state index in [1.165, 1.54) is 0 Å². The predicted molar refractivity (Wildman–Crippen MR) is 112 cm³/mol. The van der Waals surface area contributed by atoms with Crippen LogP contribution in [0.5, 0.6) is 0 Å². The minimum absolute atomic E-state index is 0.680. The van der Waals surface area contributed by atoms with Crippen molar-refractivity contribution in [1.82, 2.24) is 9.97 Å². The van der Waals surface area contributed by atoms with Crippen molar-refractivity contribution in [3.8, 4) is 23.7 Å². The highest BCUT2D eigenvalue weighted by molar-refractivity contribution is 9.10. The second kappa shape index (κ2) is 8.32. The number of hydrogen-bond donors (Lipinski definition) is 0. The lowest BCUT2D eigenvalue weighted by molar-refractivity contribution is 1.02. The van der Waals surface area contributed by atoms with Crippen molar-refractivity contribution in [3.63, 3.8) is 0 Å². The van der Waals surface area contributed by atoms with Gasteiger partial charge < -0.3 is 0 Å². The Kier molecular flexibility index (Phi) is 5.89. The number of rotatable bonds is 0. The molecular weight excluding hydrogens is 452 g/mol. The molecule has 2 nitrogen and oxygen atoms in total. The van der Waals surface area contributed by atoms with Crippen LogP contribution in [0.25, 0.3) is 0 Å². The quantitative estimate of drug-likeness (QED) is 0.414. The highest BCUT2D eigenvalue weighted by Crippen LogP contribution is 2.12. The summed E-state index contributed by atoms with van der Waals surface area (Å²) in [6.45, 7) is 3.81. The third-order valence-electron chi connectivity index (χ3n) is 3.58. The first-order valence-electron chi connectivity index (χ1n) is 7.92. The molecule has 0 atom stereocenters. The molecule has 1 aromatic heterocycles. The van der Waals surface area contributed by atoms with Gasteiger partial charge in [-0.15, -0.1) is 0 Å². The number of hydrogen-bond acceptors (Lipinski definition) is 2. The van der Waals surface area contributed by atoms with Crippen LogP contribution in [0.3, 0.4) is 0 Å². The summed E-state index contributed by atoms with van der Waals surface area (Å²) in [7, 11) is 0. The molecule has 0 aliphatic carbocycles. The van der Waals surface area contributed by atoms with E-state index in [0.717, 1.165) is 31.5 Å². The zero-order chi connectivity index (χ0) is 18.5. The van der Waals surface area contributed by atoms with E-state index in [0.29, 0.717) is 11.4 Å². The maximum absolute atomic E-state index is 4.58. The summed E-state index contributed by atoms with van der Waals surface area (Å²) in [5.74, 6) is 12.5. The highest BCUT2D eigenvalue weighted by Gasteiger charge is 2.04. The molecule has 0 aliphatic heterocycles. The Hall–Kier alpha value is -2.40. The molecule has 0 unspecified atom stereocenters. The summed E-state index contributed by atoms with van der Waals surface area (Å²) in [5, 5.41) is 0. The van der Waals surface area contributed by atoms with E-state index in [2.05, 4.69) is 65.5 Å². The Balaban J connectivity index is 1.87. The molecule has 0 aliphatic rings. The molecule has 3 rings (SSSR count). The van der Waals surface area contributed by atoms with Crippen molar-refractivity contribution in [1.29, 1.82) is 0 Å². The summed E-state index contributed by atoms with van der Waals surface area (Å²) in [6.07, 6.45) is 0. The summed E-state index contributed by atoms with van der Waals surface area (Å²) in [6, 6.07) is 15.7. The predicted octanol–water partition coefficient (Wildman–Crippen LogP) is 5.42. The van der Waals surface area contributed by atoms with Crippen molar-refractivity contribution >= 4 is 31.9 Å². The van der Waals surface area contributed by atoms with Crippen LogP contribution in [-0.2, 0) is 0 Å². The normalized spacial score (nSPS) is 9.69. The van der Waals surface area contributed by atoms with Crippen LogP contribution in [0.1, 0.15) is 33.9 Å². The molecule has 0 radical (unpaired) electrons. The fraction of sp³-hybridized carbons (Fsp3) is 0.0909. The molecule has 0 fully saturated rings. The first-order chi connectivity index (χ1) is 12.5. The second-order valence-electron chi connectivity index (χ2n) is 5.61. The molecular formula is C22H14Br2N2. The van der Waals surface area contributed by atoms with Gasteiger partial charge in [-0.1, -0.05) is 43.7 Å². The lowest BCUT2D eigenvalue weighted by Gasteiger charge is -2.02. The van der Waals surface area contributed by atoms with E-state index in [4.69, 9.17) is 0 Å². The first kappa shape index (κ1) is 18.4. The smallest absolute Gasteiger partial charge is 0.135 e. The van der Waals surface area contributed by atoms with Gasteiger partial charge in [0.25, 0.3) is 0 Å². The minimum Gasteiger partial charge on any atom is -0.240 e. The Labute approximate surface area is 170 Å². The van der Waals surface area contributed by atoms with Crippen LogP contribution in [0, 0.1) is 37.5 Å². The van der Waals surface area contributed by atoms with E-state index >= 15 is 0 Å². The molecule has 0 amide bonds. The number of benzene rings is 2. The van der Waals surface area contributed by atoms with Gasteiger partial charge in [0.2, 0.25) is 0 Å². The van der Waals surface area contributed by atoms with Crippen LogP contribution in [0.2, 0.25) is 0 Å². The SMILES string of the molecule is Cc1nc(C#Cc2ccc(Br)cc2)c(C)nc1C#Cc1ccc(Br)cc1. The van der Waals surface area contributed by atoms with Crippen LogP contribution < -0.4 is 0 Å². The molecule has 2 aromatic carbocycles. The Bertz CT molecular complexity index is 973. The van der Waals surface area contributed by atoms with Crippen LogP contribution in [0.15, 0.2) is 57.5 Å². The van der Waals surface area contributed by atoms with Gasteiger partial charge in [0.15, 0.2) is 0 Å². The first-order valence-corrected chi connectivity index (χ1v) is 9.50. The Morgan fingerprint density at radius 1 is 0.577 bits per heavy atom. The number of aryl methyl sites for hydroxylation is 2. The monoisotopic (exact) mass is 464 g/mol. The zero-order valence-corrected chi connectivity index (χ0v) is 17.4. The highest BCUT2D eigenvalue weighted by atomic mass is 79.9. The Morgan fingerprint density at radius 2 is 0.923 bits per heavy atom. The molecule has 0 bridgehead atoms. The van der Waals surface area contributed by atoms with Gasteiger partial charge in [-0.05, 0) is 74.2 Å². The van der Waals surface area contributed by atoms with E-state index in [-0.39, 0.29) is 0 Å². The standard InChI is InChI=1S/C22H14Br2N2/c1-15-21(13-7-17-3-9-19(23)10-4-17)26-16(2)22(25-15)14-8-18-5-11-20(24)12-6-18/h3-6,9-12H,1-2H3. The summed E-state index contributed by atoms with van der Waals surface area (Å²) in [4.78, 5) is 9.15. The molecule has 0 spiro atoms. The number of nitrogens with zero attached hydrogens (tertiary/aromatic N) is 2. The maximum atomic E-state index is 4.58. The molecule has 126 valence electrons. The fourth-order valence-electron chi connectivity index (χ4n) is 2.17. The number of halogens is 2. The minimum atomic E-state index is 0.680. The van der Waals surface area contributed by atoms with Gasteiger partial charge in [0.1, 0.15) is 11.4 Å². The summed E-state index contributed by atoms with van der Waals surface area (Å²) < 4.78 is 2.06. The zero-order valence-electron chi connectivity index (χ0n) is 14.3. The van der Waals surface area contributed by atoms with Crippen molar-refractivity contribution in [3.05, 3.63) is 91.4 Å². The van der Waals surface area contributed by atoms with E-state index in [9.17, 15) is 0 Å². The van der Waals surface area contributed by atoms with E-state index in [1.54, 1.807) is 0 Å². The molecule has 1 heterocycles. The largest absolute Gasteiger partial charge is 0.240 e. The second-order valence-corrected chi connectivity index (χ2v) is 7.44. The van der Waals surface area contributed by atoms with Crippen LogP contribution >= 0.6 is 31.9 Å². The Morgan fingerprint density at radius 3 is 1.27 bits per heavy atom. The van der Waals surface area contributed by atoms with Gasteiger partial charge in [0, 0.05) is 20.1 Å². The third-order valence-corrected chi connectivity index (χ3v) is 4.64. The molecule has 0 saturated carbocycles. The van der Waals surface area contributed by atoms with Gasteiger partial charge in [-0.25, -0.2) is 9.97 Å². The van der Waals surface area contributed by atoms with Gasteiger partial charge in [-0.2, -0.15) is 0 Å². The third kappa shape index (κ3) is 4.82. The van der Waals surface area contributed by atoms with Crippen molar-refractivity contribution in [2.75, 3.05) is 0 Å². The number of aromatic nitrogens is 2. The van der Waals surface area contributed by atoms with Crippen molar-refractivity contribution in [2.45, 2.75) is 13.8 Å². The molecule has 4 heteroatoms. The maximum Gasteiger partial charge on any atom is 0.135 e. The molecule has 26 heavy (non-hydrogen) atoms. The lowest BCUT2D eigenvalue weighted by Crippen LogP contribution is -2.00. The van der Waals surface area contributed by atoms with Crippen LogP contribution in [-0.4, -0.2) is 9.97 Å². The average molecular weight is 466 g/mol. The van der Waals surface area contributed by atoms with Gasteiger partial charge in [-0.3, -0.25) is 0 Å². The summed E-state index contributed by atoms with van der Waals surface area (Å²) >= 11 is 6.84. The summed E-state index contributed by atoms with van der Waals surface area (Å²) in [5.41, 5.74) is 4.79. The topological polar surface area (TPSA) is 25.8 Å². The average Bonchev–Trinajstić information content (AvgIpc) is 2.63. The van der Waals surface area contributed by atoms with Crippen molar-refractivity contribution < 1.29 is 0 Å². The van der Waals surface area contributed by atoms with Gasteiger partial charge >= 0.3 is 0 Å². The van der Waals surface area contributed by atoms with Crippen molar-refractivity contribution in [2.24, 2.45) is 0 Å². The van der Waals surface area contributed by atoms with Crippen LogP contribution in [0.4, 0.5) is 0 Å². The molecule has 0 N–H and O–H groups in total.